The molecular weight excluding hydrogens is 362 g/mol. The molecule has 0 aromatic heterocycles. The molecule has 0 bridgehead atoms. The van der Waals surface area contributed by atoms with Crippen molar-refractivity contribution in [1.29, 1.82) is 0 Å². The van der Waals surface area contributed by atoms with Gasteiger partial charge in [0.05, 0.1) is 42.0 Å². The third-order valence-corrected chi connectivity index (χ3v) is 4.34. The molecule has 0 saturated heterocycles. The summed E-state index contributed by atoms with van der Waals surface area (Å²) >= 11 is 0. The Morgan fingerprint density at radius 3 is 1.93 bits per heavy atom. The van der Waals surface area contributed by atoms with E-state index in [-0.39, 0.29) is 12.3 Å². The highest BCUT2D eigenvalue weighted by atomic mass is 16.5. The quantitative estimate of drug-likeness (QED) is 0.673. The summed E-state index contributed by atoms with van der Waals surface area (Å²) in [6.45, 7) is 0.495. The molecule has 1 N–H and O–H groups in total. The minimum atomic E-state index is -0.123. The Labute approximate surface area is 165 Å². The lowest BCUT2D eigenvalue weighted by Gasteiger charge is -2.15. The van der Waals surface area contributed by atoms with Crippen molar-refractivity contribution in [3.05, 3.63) is 41.5 Å². The Morgan fingerprint density at radius 2 is 1.39 bits per heavy atom. The summed E-state index contributed by atoms with van der Waals surface area (Å²) in [6.07, 6.45) is 0.811. The average Bonchev–Trinajstić information content (AvgIpc) is 2.73. The highest BCUT2D eigenvalue weighted by Crippen LogP contribution is 2.34. The van der Waals surface area contributed by atoms with Crippen molar-refractivity contribution >= 4 is 5.91 Å². The van der Waals surface area contributed by atoms with E-state index >= 15 is 0 Å². The lowest BCUT2D eigenvalue weighted by Crippen LogP contribution is -2.27. The van der Waals surface area contributed by atoms with Gasteiger partial charge in [-0.15, -0.1) is 0 Å². The van der Waals surface area contributed by atoms with Crippen molar-refractivity contribution in [3.63, 3.8) is 0 Å². The molecule has 0 fully saturated rings. The Kier molecular flexibility index (Phi) is 7.80. The van der Waals surface area contributed by atoms with Gasteiger partial charge in [-0.2, -0.15) is 0 Å². The maximum Gasteiger partial charge on any atom is 0.224 e. The smallest absolute Gasteiger partial charge is 0.224 e. The van der Waals surface area contributed by atoms with Gasteiger partial charge in [-0.3, -0.25) is 4.79 Å². The maximum atomic E-state index is 12.4. The number of hydrogen-bond donors (Lipinski definition) is 1. The summed E-state index contributed by atoms with van der Waals surface area (Å²) < 4.78 is 26.5. The van der Waals surface area contributed by atoms with Crippen LogP contribution in [-0.4, -0.2) is 48.0 Å². The number of nitrogens with one attached hydrogen (secondary N) is 1. The van der Waals surface area contributed by atoms with Gasteiger partial charge >= 0.3 is 0 Å². The van der Waals surface area contributed by atoms with Gasteiger partial charge in [0.1, 0.15) is 17.2 Å². The molecule has 0 spiro atoms. The zero-order valence-corrected chi connectivity index (χ0v) is 17.0. The SMILES string of the molecule is COc1cc(OC)c(CC(=O)NCCc2ccc(OC)c(OC)c2)c(OC)c1. The number of amides is 1. The second kappa shape index (κ2) is 10.3. The first kappa shape index (κ1) is 21.2. The summed E-state index contributed by atoms with van der Waals surface area (Å²) in [5.74, 6) is 2.92. The predicted molar refractivity (Wildman–Crippen MR) is 106 cm³/mol. The zero-order valence-electron chi connectivity index (χ0n) is 17.0. The molecule has 1 amide bonds. The lowest BCUT2D eigenvalue weighted by atomic mass is 10.1. The van der Waals surface area contributed by atoms with Crippen molar-refractivity contribution in [2.24, 2.45) is 0 Å². The van der Waals surface area contributed by atoms with Gasteiger partial charge < -0.3 is 29.0 Å². The molecule has 0 aliphatic heterocycles. The van der Waals surface area contributed by atoms with Crippen LogP contribution in [-0.2, 0) is 17.6 Å². The number of methoxy groups -OCH3 is 5. The Morgan fingerprint density at radius 1 is 0.786 bits per heavy atom. The molecule has 0 heterocycles. The van der Waals surface area contributed by atoms with Gasteiger partial charge in [-0.25, -0.2) is 0 Å². The van der Waals surface area contributed by atoms with Crippen LogP contribution < -0.4 is 29.0 Å². The molecule has 0 saturated carbocycles. The molecule has 2 aromatic rings. The fourth-order valence-corrected chi connectivity index (χ4v) is 2.86. The lowest BCUT2D eigenvalue weighted by molar-refractivity contribution is -0.120. The minimum absolute atomic E-state index is 0.123. The molecule has 0 unspecified atom stereocenters. The molecule has 7 nitrogen and oxygen atoms in total. The standard InChI is InChI=1S/C21H27NO6/c1-24-15-11-18(26-3)16(19(12-15)27-4)13-21(23)22-9-8-14-6-7-17(25-2)20(10-14)28-5/h6-7,10-12H,8-9,13H2,1-5H3,(H,22,23). The average molecular weight is 389 g/mol. The van der Waals surface area contributed by atoms with Gasteiger partial charge in [0.25, 0.3) is 0 Å². The molecule has 2 rings (SSSR count). The molecule has 0 aliphatic carbocycles. The van der Waals surface area contributed by atoms with Crippen molar-refractivity contribution < 1.29 is 28.5 Å². The van der Waals surface area contributed by atoms with Gasteiger partial charge in [-0.1, -0.05) is 6.07 Å². The van der Waals surface area contributed by atoms with E-state index in [1.165, 1.54) is 0 Å². The predicted octanol–water partition coefficient (Wildman–Crippen LogP) is 2.63. The van der Waals surface area contributed by atoms with E-state index in [2.05, 4.69) is 5.32 Å². The van der Waals surface area contributed by atoms with Gasteiger partial charge in [0.2, 0.25) is 5.91 Å². The fraction of sp³-hybridized carbons (Fsp3) is 0.381. The van der Waals surface area contributed by atoms with E-state index in [0.29, 0.717) is 47.3 Å². The molecule has 0 radical (unpaired) electrons. The van der Waals surface area contributed by atoms with Crippen molar-refractivity contribution in [2.75, 3.05) is 42.1 Å². The molecule has 0 atom stereocenters. The second-order valence-electron chi connectivity index (χ2n) is 5.98. The van der Waals surface area contributed by atoms with E-state index in [0.717, 1.165) is 5.56 Å². The Bertz CT molecular complexity index is 780. The number of rotatable bonds is 10. The third kappa shape index (κ3) is 5.22. The van der Waals surface area contributed by atoms with Crippen LogP contribution in [0.15, 0.2) is 30.3 Å². The van der Waals surface area contributed by atoms with E-state index < -0.39 is 0 Å². The van der Waals surface area contributed by atoms with Crippen LogP contribution in [0.25, 0.3) is 0 Å². The first-order valence-corrected chi connectivity index (χ1v) is 8.82. The maximum absolute atomic E-state index is 12.4. The summed E-state index contributed by atoms with van der Waals surface area (Å²) in [7, 11) is 7.85. The fourth-order valence-electron chi connectivity index (χ4n) is 2.86. The van der Waals surface area contributed by atoms with Gasteiger partial charge in [0.15, 0.2) is 11.5 Å². The topological polar surface area (TPSA) is 75.3 Å². The van der Waals surface area contributed by atoms with Crippen LogP contribution >= 0.6 is 0 Å². The number of ether oxygens (including phenoxy) is 5. The minimum Gasteiger partial charge on any atom is -0.496 e. The highest BCUT2D eigenvalue weighted by molar-refractivity contribution is 5.80. The van der Waals surface area contributed by atoms with Crippen LogP contribution in [0, 0.1) is 0 Å². The Hall–Kier alpha value is -3.09. The molecule has 2 aromatic carbocycles. The van der Waals surface area contributed by atoms with E-state index in [1.807, 2.05) is 18.2 Å². The number of carbonyl (C=O) groups is 1. The van der Waals surface area contributed by atoms with E-state index in [9.17, 15) is 4.79 Å². The van der Waals surface area contributed by atoms with Crippen LogP contribution in [0.2, 0.25) is 0 Å². The zero-order chi connectivity index (χ0) is 20.5. The highest BCUT2D eigenvalue weighted by Gasteiger charge is 2.16. The largest absolute Gasteiger partial charge is 0.496 e. The van der Waals surface area contributed by atoms with Crippen molar-refractivity contribution in [3.8, 4) is 28.7 Å². The summed E-state index contributed by atoms with van der Waals surface area (Å²) in [6, 6.07) is 9.16. The van der Waals surface area contributed by atoms with E-state index in [4.69, 9.17) is 23.7 Å². The first-order chi connectivity index (χ1) is 13.6. The second-order valence-corrected chi connectivity index (χ2v) is 5.98. The third-order valence-electron chi connectivity index (χ3n) is 4.34. The normalized spacial score (nSPS) is 10.2. The molecule has 152 valence electrons. The molecular formula is C21H27NO6. The molecule has 7 heteroatoms. The summed E-state index contributed by atoms with van der Waals surface area (Å²) in [4.78, 5) is 12.4. The monoisotopic (exact) mass is 389 g/mol. The number of benzene rings is 2. The Balaban J connectivity index is 1.99. The van der Waals surface area contributed by atoms with Crippen LogP contribution in [0.5, 0.6) is 28.7 Å². The number of carbonyl (C=O) groups excluding carboxylic acids is 1. The van der Waals surface area contributed by atoms with Crippen molar-refractivity contribution in [2.45, 2.75) is 12.8 Å². The van der Waals surface area contributed by atoms with Crippen LogP contribution in [0.1, 0.15) is 11.1 Å². The van der Waals surface area contributed by atoms with Gasteiger partial charge in [-0.05, 0) is 24.1 Å². The van der Waals surface area contributed by atoms with Gasteiger partial charge in [0, 0.05) is 24.2 Å². The van der Waals surface area contributed by atoms with Crippen molar-refractivity contribution in [1.82, 2.24) is 5.32 Å². The molecule has 0 aliphatic rings. The number of hydrogen-bond acceptors (Lipinski definition) is 6. The first-order valence-electron chi connectivity index (χ1n) is 8.82. The summed E-state index contributed by atoms with van der Waals surface area (Å²) in [5.41, 5.74) is 1.71. The molecule has 28 heavy (non-hydrogen) atoms. The van der Waals surface area contributed by atoms with E-state index in [1.54, 1.807) is 47.7 Å². The van der Waals surface area contributed by atoms with Crippen LogP contribution in [0.4, 0.5) is 0 Å². The van der Waals surface area contributed by atoms with Crippen LogP contribution in [0.3, 0.4) is 0 Å². The summed E-state index contributed by atoms with van der Waals surface area (Å²) in [5, 5.41) is 2.92.